The van der Waals surface area contributed by atoms with Crippen LogP contribution in [-0.4, -0.2) is 25.0 Å². The molecule has 32 heavy (non-hydrogen) atoms. The van der Waals surface area contributed by atoms with Gasteiger partial charge in [-0.25, -0.2) is 4.79 Å². The molecule has 5 nitrogen and oxygen atoms in total. The summed E-state index contributed by atoms with van der Waals surface area (Å²) in [6.45, 7) is 6.14. The minimum atomic E-state index is -0.451. The van der Waals surface area contributed by atoms with E-state index in [9.17, 15) is 9.59 Å². The zero-order chi connectivity index (χ0) is 23.0. The molecule has 4 rings (SSSR count). The lowest BCUT2D eigenvalue weighted by Gasteiger charge is -2.39. The number of ether oxygens (including phenoxy) is 2. The van der Waals surface area contributed by atoms with E-state index in [1.165, 1.54) is 6.42 Å². The Morgan fingerprint density at radius 1 is 1.16 bits per heavy atom. The van der Waals surface area contributed by atoms with Gasteiger partial charge in [0, 0.05) is 29.3 Å². The summed E-state index contributed by atoms with van der Waals surface area (Å²) in [4.78, 5) is 26.9. The molecule has 0 radical (unpaired) electrons. The number of benzene rings is 1. The number of methoxy groups -OCH3 is 1. The maximum absolute atomic E-state index is 13.5. The first-order valence-electron chi connectivity index (χ1n) is 11.5. The highest BCUT2D eigenvalue weighted by Crippen LogP contribution is 2.47. The third-order valence-electron chi connectivity index (χ3n) is 6.79. The van der Waals surface area contributed by atoms with E-state index in [-0.39, 0.29) is 23.3 Å². The van der Waals surface area contributed by atoms with Crippen molar-refractivity contribution in [2.24, 2.45) is 5.41 Å². The van der Waals surface area contributed by atoms with Crippen LogP contribution in [0.1, 0.15) is 77.2 Å². The summed E-state index contributed by atoms with van der Waals surface area (Å²) in [6, 6.07) is 5.77. The SMILES string of the molecule is COc1ccc([C@H]2C(C(=O)OC3CCCCC3)=C(C)NC3=C2C(=O)CC(C)(C)C3)cc1Br. The fraction of sp³-hybridized carbons (Fsp3) is 0.538. The number of dihydropyridines is 1. The Morgan fingerprint density at radius 3 is 2.53 bits per heavy atom. The molecule has 1 heterocycles. The summed E-state index contributed by atoms with van der Waals surface area (Å²) in [5.74, 6) is 0.0346. The van der Waals surface area contributed by atoms with E-state index in [0.717, 1.165) is 53.5 Å². The lowest BCUT2D eigenvalue weighted by Crippen LogP contribution is -2.39. The minimum Gasteiger partial charge on any atom is -0.496 e. The quantitative estimate of drug-likeness (QED) is 0.517. The Balaban J connectivity index is 1.78. The van der Waals surface area contributed by atoms with Gasteiger partial charge in [0.25, 0.3) is 0 Å². The Bertz CT molecular complexity index is 1000. The molecule has 0 spiro atoms. The second-order valence-electron chi connectivity index (χ2n) is 9.99. The minimum absolute atomic E-state index is 0.0452. The standard InChI is InChI=1S/C26H32BrNO4/c1-15-22(25(30)32-17-8-6-5-7-9-17)23(16-10-11-21(31-4)18(27)12-16)24-19(28-15)13-26(2,3)14-20(24)29/h10-12,17,23,28H,5-9,13-14H2,1-4H3/t23-/m0/s1. The van der Waals surface area contributed by atoms with Gasteiger partial charge >= 0.3 is 5.97 Å². The first-order chi connectivity index (χ1) is 15.2. The van der Waals surface area contributed by atoms with Crippen LogP contribution in [-0.2, 0) is 14.3 Å². The summed E-state index contributed by atoms with van der Waals surface area (Å²) < 4.78 is 12.2. The second kappa shape index (κ2) is 9.05. The van der Waals surface area contributed by atoms with Crippen molar-refractivity contribution >= 4 is 27.7 Å². The molecule has 0 amide bonds. The number of ketones is 1. The van der Waals surface area contributed by atoms with Crippen molar-refractivity contribution in [2.45, 2.75) is 77.7 Å². The number of carbonyl (C=O) groups excluding carboxylic acids is 2. The molecule has 3 aliphatic rings. The largest absolute Gasteiger partial charge is 0.496 e. The molecule has 172 valence electrons. The third-order valence-corrected chi connectivity index (χ3v) is 7.41. The van der Waals surface area contributed by atoms with Crippen molar-refractivity contribution < 1.29 is 19.1 Å². The van der Waals surface area contributed by atoms with Gasteiger partial charge in [-0.05, 0) is 78.1 Å². The number of allylic oxidation sites excluding steroid dienone is 3. The van der Waals surface area contributed by atoms with Gasteiger partial charge in [0.15, 0.2) is 5.78 Å². The predicted octanol–water partition coefficient (Wildman–Crippen LogP) is 5.94. The normalized spacial score (nSPS) is 23.5. The van der Waals surface area contributed by atoms with Gasteiger partial charge in [-0.2, -0.15) is 0 Å². The molecule has 1 atom stereocenters. The molecular formula is C26H32BrNO4. The molecule has 1 fully saturated rings. The number of hydrogen-bond donors (Lipinski definition) is 1. The molecule has 1 aromatic carbocycles. The zero-order valence-electron chi connectivity index (χ0n) is 19.3. The monoisotopic (exact) mass is 501 g/mol. The molecule has 0 aromatic heterocycles. The van der Waals surface area contributed by atoms with Gasteiger partial charge in [0.1, 0.15) is 11.9 Å². The Kier molecular flexibility index (Phi) is 6.53. The number of Topliss-reactive ketones (excluding diaryl/α,β-unsaturated/α-hetero) is 1. The molecule has 1 aliphatic heterocycles. The fourth-order valence-corrected chi connectivity index (χ4v) is 5.86. The Morgan fingerprint density at radius 2 is 1.88 bits per heavy atom. The van der Waals surface area contributed by atoms with Crippen LogP contribution in [0.25, 0.3) is 0 Å². The fourth-order valence-electron chi connectivity index (χ4n) is 5.30. The maximum atomic E-state index is 13.5. The molecule has 0 unspecified atom stereocenters. The average Bonchev–Trinajstić information content (AvgIpc) is 2.72. The van der Waals surface area contributed by atoms with Crippen molar-refractivity contribution in [2.75, 3.05) is 7.11 Å². The molecule has 6 heteroatoms. The summed E-state index contributed by atoms with van der Waals surface area (Å²) in [7, 11) is 1.62. The first-order valence-corrected chi connectivity index (χ1v) is 12.3. The van der Waals surface area contributed by atoms with Crippen LogP contribution in [0.2, 0.25) is 0 Å². The maximum Gasteiger partial charge on any atom is 0.337 e. The molecule has 2 aliphatic carbocycles. The lowest BCUT2D eigenvalue weighted by atomic mass is 9.68. The van der Waals surface area contributed by atoms with Crippen LogP contribution in [0.4, 0.5) is 0 Å². The Hall–Kier alpha value is -2.08. The van der Waals surface area contributed by atoms with E-state index < -0.39 is 5.92 Å². The molecule has 0 bridgehead atoms. The molecular weight excluding hydrogens is 470 g/mol. The van der Waals surface area contributed by atoms with E-state index in [1.54, 1.807) is 7.11 Å². The lowest BCUT2D eigenvalue weighted by molar-refractivity contribution is -0.146. The number of nitrogens with one attached hydrogen (secondary N) is 1. The number of esters is 1. The highest BCUT2D eigenvalue weighted by atomic mass is 79.9. The first kappa shape index (κ1) is 23.1. The van der Waals surface area contributed by atoms with Crippen LogP contribution in [0.15, 0.2) is 45.2 Å². The van der Waals surface area contributed by atoms with Crippen molar-refractivity contribution in [3.63, 3.8) is 0 Å². The van der Waals surface area contributed by atoms with Crippen LogP contribution >= 0.6 is 15.9 Å². The number of hydrogen-bond acceptors (Lipinski definition) is 5. The number of halogens is 1. The van der Waals surface area contributed by atoms with Crippen molar-refractivity contribution in [3.8, 4) is 5.75 Å². The number of rotatable bonds is 4. The smallest absolute Gasteiger partial charge is 0.337 e. The van der Waals surface area contributed by atoms with Crippen molar-refractivity contribution in [3.05, 3.63) is 50.8 Å². The van der Waals surface area contributed by atoms with E-state index in [0.29, 0.717) is 23.3 Å². The van der Waals surface area contributed by atoms with Crippen molar-refractivity contribution in [1.29, 1.82) is 0 Å². The van der Waals surface area contributed by atoms with Crippen LogP contribution in [0.3, 0.4) is 0 Å². The van der Waals surface area contributed by atoms with Crippen LogP contribution in [0.5, 0.6) is 5.75 Å². The van der Waals surface area contributed by atoms with E-state index in [4.69, 9.17) is 9.47 Å². The zero-order valence-corrected chi connectivity index (χ0v) is 20.9. The molecule has 0 saturated heterocycles. The van der Waals surface area contributed by atoms with Gasteiger partial charge in [0.05, 0.1) is 17.2 Å². The highest BCUT2D eigenvalue weighted by molar-refractivity contribution is 9.10. The summed E-state index contributed by atoms with van der Waals surface area (Å²) in [5, 5.41) is 3.41. The van der Waals surface area contributed by atoms with Gasteiger partial charge in [0.2, 0.25) is 0 Å². The van der Waals surface area contributed by atoms with Gasteiger partial charge < -0.3 is 14.8 Å². The number of carbonyl (C=O) groups is 2. The van der Waals surface area contributed by atoms with Gasteiger partial charge in [-0.3, -0.25) is 4.79 Å². The van der Waals surface area contributed by atoms with E-state index in [1.807, 2.05) is 25.1 Å². The summed E-state index contributed by atoms with van der Waals surface area (Å²) in [6.07, 6.45) is 6.38. The highest BCUT2D eigenvalue weighted by Gasteiger charge is 2.43. The third kappa shape index (κ3) is 4.52. The van der Waals surface area contributed by atoms with Gasteiger partial charge in [-0.1, -0.05) is 26.3 Å². The van der Waals surface area contributed by atoms with Gasteiger partial charge in [-0.15, -0.1) is 0 Å². The summed E-state index contributed by atoms with van der Waals surface area (Å²) >= 11 is 3.57. The molecule has 1 saturated carbocycles. The predicted molar refractivity (Wildman–Crippen MR) is 127 cm³/mol. The molecule has 1 N–H and O–H groups in total. The second-order valence-corrected chi connectivity index (χ2v) is 10.8. The van der Waals surface area contributed by atoms with Crippen LogP contribution in [0, 0.1) is 5.41 Å². The average molecular weight is 502 g/mol. The summed E-state index contributed by atoms with van der Waals surface area (Å²) in [5.41, 5.74) is 3.70. The topological polar surface area (TPSA) is 64.6 Å². The van der Waals surface area contributed by atoms with Crippen LogP contribution < -0.4 is 10.1 Å². The molecule has 1 aromatic rings. The van der Waals surface area contributed by atoms with Crippen molar-refractivity contribution in [1.82, 2.24) is 5.32 Å². The Labute approximate surface area is 198 Å². The van der Waals surface area contributed by atoms with E-state index in [2.05, 4.69) is 35.1 Å². The van der Waals surface area contributed by atoms with E-state index >= 15 is 0 Å².